The minimum Gasteiger partial charge on any atom is -0.373 e. The normalized spacial score (nSPS) is 31.0. The van der Waals surface area contributed by atoms with Crippen LogP contribution in [0.3, 0.4) is 0 Å². The molecule has 3 aliphatic rings. The standard InChI is InChI=1S/C20H19NO3S.C2H6/c1-9-3-5-11(6-4-9)20-21-17(10(2)25-20)16-18(22)14-12-7-8-13(24-12)15(14)19(16)23;1-2/h3-6,12-16H,7-8H2,1-2H3;1-2H3/t12?,13?,14-,15+,16?;. The largest absolute Gasteiger partial charge is 0.373 e. The Labute approximate surface area is 164 Å². The molecule has 3 fully saturated rings. The molecule has 0 N–H and O–H groups in total. The number of rotatable bonds is 2. The fourth-order valence-electron chi connectivity index (χ4n) is 4.69. The van der Waals surface area contributed by atoms with Gasteiger partial charge in [0.1, 0.15) is 10.9 Å². The molecular weight excluding hydrogens is 358 g/mol. The molecule has 1 aromatic carbocycles. The third-order valence-corrected chi connectivity index (χ3v) is 6.94. The van der Waals surface area contributed by atoms with E-state index >= 15 is 0 Å². The Bertz CT molecular complexity index is 857. The van der Waals surface area contributed by atoms with Crippen molar-refractivity contribution in [2.24, 2.45) is 11.8 Å². The predicted octanol–water partition coefficient (Wildman–Crippen LogP) is 4.48. The molecule has 1 saturated carbocycles. The van der Waals surface area contributed by atoms with Gasteiger partial charge in [-0.2, -0.15) is 0 Å². The van der Waals surface area contributed by atoms with Crippen molar-refractivity contribution in [1.29, 1.82) is 0 Å². The molecule has 27 heavy (non-hydrogen) atoms. The van der Waals surface area contributed by atoms with Crippen molar-refractivity contribution in [1.82, 2.24) is 4.98 Å². The summed E-state index contributed by atoms with van der Waals surface area (Å²) < 4.78 is 5.82. The first-order valence-electron chi connectivity index (χ1n) is 9.82. The number of fused-ring (bicyclic) bond motifs is 5. The van der Waals surface area contributed by atoms with Gasteiger partial charge in [0.25, 0.3) is 0 Å². The van der Waals surface area contributed by atoms with E-state index in [0.29, 0.717) is 5.69 Å². The van der Waals surface area contributed by atoms with Crippen LogP contribution in [0.2, 0.25) is 0 Å². The van der Waals surface area contributed by atoms with Crippen molar-refractivity contribution in [3.05, 3.63) is 40.4 Å². The number of hydrogen-bond acceptors (Lipinski definition) is 5. The molecule has 4 nitrogen and oxygen atoms in total. The van der Waals surface area contributed by atoms with Crippen LogP contribution >= 0.6 is 11.3 Å². The Kier molecular flexibility index (Phi) is 4.77. The summed E-state index contributed by atoms with van der Waals surface area (Å²) in [5, 5.41) is 0.879. The lowest BCUT2D eigenvalue weighted by atomic mass is 9.81. The maximum atomic E-state index is 13.0. The van der Waals surface area contributed by atoms with E-state index in [1.165, 1.54) is 5.56 Å². The molecule has 1 aromatic heterocycles. The number of carbonyl (C=O) groups excluding carboxylic acids is 2. The van der Waals surface area contributed by atoms with Gasteiger partial charge in [-0.05, 0) is 26.7 Å². The summed E-state index contributed by atoms with van der Waals surface area (Å²) in [5.41, 5.74) is 2.90. The van der Waals surface area contributed by atoms with Crippen LogP contribution in [0.5, 0.6) is 0 Å². The van der Waals surface area contributed by atoms with E-state index < -0.39 is 5.92 Å². The topological polar surface area (TPSA) is 56.3 Å². The average molecular weight is 384 g/mol. The summed E-state index contributed by atoms with van der Waals surface area (Å²) in [7, 11) is 0. The van der Waals surface area contributed by atoms with E-state index in [2.05, 4.69) is 12.1 Å². The lowest BCUT2D eigenvalue weighted by molar-refractivity contribution is -0.127. The van der Waals surface area contributed by atoms with Crippen LogP contribution in [-0.2, 0) is 14.3 Å². The number of aryl methyl sites for hydroxylation is 2. The smallest absolute Gasteiger partial charge is 0.155 e. The average Bonchev–Trinajstić information content (AvgIpc) is 3.42. The van der Waals surface area contributed by atoms with Crippen molar-refractivity contribution in [2.75, 3.05) is 0 Å². The van der Waals surface area contributed by atoms with Gasteiger partial charge in [0.05, 0.1) is 29.7 Å². The first-order valence-corrected chi connectivity index (χ1v) is 10.6. The van der Waals surface area contributed by atoms with E-state index in [4.69, 9.17) is 9.72 Å². The summed E-state index contributed by atoms with van der Waals surface area (Å²) in [6.45, 7) is 8.01. The number of ketones is 2. The number of thiazole rings is 1. The van der Waals surface area contributed by atoms with Gasteiger partial charge < -0.3 is 4.74 Å². The van der Waals surface area contributed by atoms with E-state index in [-0.39, 0.29) is 35.6 Å². The maximum absolute atomic E-state index is 13.0. The highest BCUT2D eigenvalue weighted by atomic mass is 32.1. The van der Waals surface area contributed by atoms with Crippen molar-refractivity contribution in [3.63, 3.8) is 0 Å². The van der Waals surface area contributed by atoms with Gasteiger partial charge in [-0.1, -0.05) is 43.7 Å². The molecule has 2 bridgehead atoms. The Morgan fingerprint density at radius 3 is 2.07 bits per heavy atom. The summed E-state index contributed by atoms with van der Waals surface area (Å²) in [6, 6.07) is 8.19. The molecule has 2 aromatic rings. The number of nitrogens with zero attached hydrogens (tertiary/aromatic N) is 1. The zero-order chi connectivity index (χ0) is 19.3. The Hall–Kier alpha value is -1.85. The third-order valence-electron chi connectivity index (χ3n) is 5.90. The van der Waals surface area contributed by atoms with Crippen molar-refractivity contribution in [3.8, 4) is 10.6 Å². The fraction of sp³-hybridized carbons (Fsp3) is 0.500. The van der Waals surface area contributed by atoms with E-state index in [9.17, 15) is 9.59 Å². The van der Waals surface area contributed by atoms with Gasteiger partial charge in [-0.3, -0.25) is 9.59 Å². The second-order valence-electron chi connectivity index (χ2n) is 7.41. The summed E-state index contributed by atoms with van der Waals surface area (Å²) in [6.07, 6.45) is 1.71. The molecule has 3 heterocycles. The van der Waals surface area contributed by atoms with Crippen LogP contribution < -0.4 is 0 Å². The first-order chi connectivity index (χ1) is 13.0. The molecule has 5 atom stereocenters. The second kappa shape index (κ2) is 6.95. The number of aromatic nitrogens is 1. The number of hydrogen-bond donors (Lipinski definition) is 0. The molecule has 0 radical (unpaired) electrons. The SMILES string of the molecule is CC.Cc1ccc(-c2nc(C3C(=O)[C@@H]4C5CCC(O5)[C@@H]4C3=O)c(C)s2)cc1. The minimum absolute atomic E-state index is 0.0334. The molecule has 3 unspecified atom stereocenters. The zero-order valence-electron chi connectivity index (χ0n) is 16.2. The highest BCUT2D eigenvalue weighted by Gasteiger charge is 2.63. The first kappa shape index (κ1) is 18.5. The summed E-state index contributed by atoms with van der Waals surface area (Å²) in [5.74, 6) is -1.09. The van der Waals surface area contributed by atoms with Crippen LogP contribution in [0.15, 0.2) is 24.3 Å². The molecule has 2 saturated heterocycles. The highest BCUT2D eigenvalue weighted by molar-refractivity contribution is 7.15. The lowest BCUT2D eigenvalue weighted by Crippen LogP contribution is -2.29. The van der Waals surface area contributed by atoms with Gasteiger partial charge >= 0.3 is 0 Å². The van der Waals surface area contributed by atoms with E-state index in [1.54, 1.807) is 11.3 Å². The van der Waals surface area contributed by atoms with Gasteiger partial charge in [0, 0.05) is 10.4 Å². The monoisotopic (exact) mass is 383 g/mol. The Morgan fingerprint density at radius 1 is 0.963 bits per heavy atom. The number of carbonyl (C=O) groups is 2. The predicted molar refractivity (Wildman–Crippen MR) is 106 cm³/mol. The van der Waals surface area contributed by atoms with Gasteiger partial charge in [0.2, 0.25) is 0 Å². The Balaban J connectivity index is 0.000000872. The summed E-state index contributed by atoms with van der Waals surface area (Å²) in [4.78, 5) is 31.7. The summed E-state index contributed by atoms with van der Waals surface area (Å²) >= 11 is 1.56. The number of Topliss-reactive ketones (excluding diaryl/α,β-unsaturated/α-hetero) is 2. The van der Waals surface area contributed by atoms with Crippen LogP contribution in [0.4, 0.5) is 0 Å². The van der Waals surface area contributed by atoms with E-state index in [1.807, 2.05) is 39.8 Å². The van der Waals surface area contributed by atoms with Gasteiger partial charge in [-0.25, -0.2) is 4.98 Å². The van der Waals surface area contributed by atoms with Crippen LogP contribution in [0.1, 0.15) is 48.7 Å². The molecule has 0 spiro atoms. The lowest BCUT2D eigenvalue weighted by Gasteiger charge is -2.16. The molecular formula is C22H25NO3S. The molecule has 5 heteroatoms. The third kappa shape index (κ3) is 2.79. The maximum Gasteiger partial charge on any atom is 0.155 e. The molecule has 5 rings (SSSR count). The van der Waals surface area contributed by atoms with Gasteiger partial charge in [-0.15, -0.1) is 11.3 Å². The molecule has 0 amide bonds. The van der Waals surface area contributed by atoms with E-state index in [0.717, 1.165) is 28.3 Å². The van der Waals surface area contributed by atoms with Crippen molar-refractivity contribution >= 4 is 22.9 Å². The fourth-order valence-corrected chi connectivity index (χ4v) is 5.65. The molecule has 2 aliphatic heterocycles. The minimum atomic E-state index is -0.683. The second-order valence-corrected chi connectivity index (χ2v) is 8.61. The number of ether oxygens (including phenoxy) is 1. The van der Waals surface area contributed by atoms with Crippen molar-refractivity contribution < 1.29 is 14.3 Å². The van der Waals surface area contributed by atoms with Gasteiger partial charge in [0.15, 0.2) is 11.6 Å². The van der Waals surface area contributed by atoms with Crippen LogP contribution in [-0.4, -0.2) is 28.8 Å². The quantitative estimate of drug-likeness (QED) is 0.718. The van der Waals surface area contributed by atoms with Crippen LogP contribution in [0, 0.1) is 25.7 Å². The highest BCUT2D eigenvalue weighted by Crippen LogP contribution is 2.52. The van der Waals surface area contributed by atoms with Crippen LogP contribution in [0.25, 0.3) is 10.6 Å². The number of benzene rings is 1. The molecule has 1 aliphatic carbocycles. The Morgan fingerprint density at radius 2 is 1.52 bits per heavy atom. The molecule has 142 valence electrons. The van der Waals surface area contributed by atoms with Crippen molar-refractivity contribution in [2.45, 2.75) is 58.7 Å². The zero-order valence-corrected chi connectivity index (χ0v) is 17.0.